The Bertz CT molecular complexity index is 447. The Morgan fingerprint density at radius 2 is 2.00 bits per heavy atom. The highest BCUT2D eigenvalue weighted by atomic mass is 35.5. The summed E-state index contributed by atoms with van der Waals surface area (Å²) in [6, 6.07) is 10.3. The van der Waals surface area contributed by atoms with Gasteiger partial charge in [-0.2, -0.15) is 0 Å². The number of hydrogen-bond acceptors (Lipinski definition) is 2. The molecule has 1 unspecified atom stereocenters. The molecule has 1 aromatic rings. The van der Waals surface area contributed by atoms with Gasteiger partial charge in [0.25, 0.3) is 0 Å². The van der Waals surface area contributed by atoms with Gasteiger partial charge >= 0.3 is 0 Å². The van der Waals surface area contributed by atoms with Crippen molar-refractivity contribution in [3.63, 3.8) is 0 Å². The van der Waals surface area contributed by atoms with Crippen LogP contribution >= 0.6 is 12.4 Å². The smallest absolute Gasteiger partial charge is 0.223 e. The van der Waals surface area contributed by atoms with Gasteiger partial charge in [0.2, 0.25) is 5.91 Å². The predicted octanol–water partition coefficient (Wildman–Crippen LogP) is 2.84. The Morgan fingerprint density at radius 3 is 2.62 bits per heavy atom. The first kappa shape index (κ1) is 18.0. The van der Waals surface area contributed by atoms with Crippen molar-refractivity contribution in [3.8, 4) is 0 Å². The van der Waals surface area contributed by atoms with Crippen molar-refractivity contribution in [1.82, 2.24) is 10.2 Å². The molecule has 1 aromatic carbocycles. The summed E-state index contributed by atoms with van der Waals surface area (Å²) in [5.74, 6) is 0.904. The zero-order valence-corrected chi connectivity index (χ0v) is 14.1. The van der Waals surface area contributed by atoms with Crippen LogP contribution in [0.15, 0.2) is 30.3 Å². The molecule has 1 saturated heterocycles. The highest BCUT2D eigenvalue weighted by Gasteiger charge is 2.30. The summed E-state index contributed by atoms with van der Waals surface area (Å²) in [6.07, 6.45) is 1.71. The number of carbonyl (C=O) groups excluding carboxylic acids is 1. The molecule has 1 atom stereocenters. The number of nitrogens with zero attached hydrogens (tertiary/aromatic N) is 1. The molecule has 0 aliphatic carbocycles. The Hall–Kier alpha value is -1.06. The van der Waals surface area contributed by atoms with E-state index in [0.717, 1.165) is 26.1 Å². The number of rotatable bonds is 5. The van der Waals surface area contributed by atoms with Gasteiger partial charge in [-0.15, -0.1) is 12.4 Å². The van der Waals surface area contributed by atoms with Crippen LogP contribution in [0.5, 0.6) is 0 Å². The fraction of sp³-hybridized carbons (Fsp3) is 0.588. The maximum Gasteiger partial charge on any atom is 0.223 e. The molecule has 1 N–H and O–H groups in total. The van der Waals surface area contributed by atoms with Crippen molar-refractivity contribution >= 4 is 18.3 Å². The first-order valence-corrected chi connectivity index (χ1v) is 7.51. The lowest BCUT2D eigenvalue weighted by molar-refractivity contribution is -0.131. The van der Waals surface area contributed by atoms with Gasteiger partial charge in [-0.05, 0) is 36.9 Å². The number of nitrogens with one attached hydrogen (secondary N) is 1. The molecule has 3 nitrogen and oxygen atoms in total. The molecule has 21 heavy (non-hydrogen) atoms. The minimum absolute atomic E-state index is 0. The minimum Gasteiger partial charge on any atom is -0.342 e. The van der Waals surface area contributed by atoms with Gasteiger partial charge in [0.1, 0.15) is 0 Å². The summed E-state index contributed by atoms with van der Waals surface area (Å²) >= 11 is 0. The van der Waals surface area contributed by atoms with Gasteiger partial charge in [0.05, 0.1) is 0 Å². The Balaban J connectivity index is 0.00000220. The van der Waals surface area contributed by atoms with Crippen LogP contribution < -0.4 is 5.32 Å². The molecular weight excluding hydrogens is 284 g/mol. The van der Waals surface area contributed by atoms with Crippen LogP contribution in [0, 0.1) is 5.92 Å². The quantitative estimate of drug-likeness (QED) is 0.907. The molecule has 1 amide bonds. The highest BCUT2D eigenvalue weighted by Crippen LogP contribution is 2.28. The molecule has 1 heterocycles. The lowest BCUT2D eigenvalue weighted by Crippen LogP contribution is -2.34. The highest BCUT2D eigenvalue weighted by molar-refractivity contribution is 5.85. The summed E-state index contributed by atoms with van der Waals surface area (Å²) in [5.41, 5.74) is 1.14. The molecular formula is C17H27ClN2O. The molecule has 4 heteroatoms. The second kappa shape index (κ2) is 7.81. The summed E-state index contributed by atoms with van der Waals surface area (Å²) in [7, 11) is 1.98. The number of likely N-dealkylation sites (tertiary alicyclic amines) is 1. The van der Waals surface area contributed by atoms with Crippen molar-refractivity contribution in [1.29, 1.82) is 0 Å². The third kappa shape index (κ3) is 4.72. The van der Waals surface area contributed by atoms with Gasteiger partial charge in [-0.1, -0.05) is 44.2 Å². The molecule has 0 spiro atoms. The number of carbonyl (C=O) groups is 1. The molecule has 2 rings (SSSR count). The standard InChI is InChI=1S/C17H26N2O.ClH/c1-17(2,15-7-5-4-6-8-15)11-16(20)19-10-9-14(13-19)12-18-3;/h4-8,14,18H,9-13H2,1-3H3;1H. The van der Waals surface area contributed by atoms with Gasteiger partial charge in [-0.25, -0.2) is 0 Å². The Kier molecular flexibility index (Phi) is 6.69. The van der Waals surface area contributed by atoms with Crippen LogP contribution in [0.25, 0.3) is 0 Å². The lowest BCUT2D eigenvalue weighted by atomic mass is 9.81. The van der Waals surface area contributed by atoms with E-state index in [0.29, 0.717) is 12.3 Å². The van der Waals surface area contributed by atoms with Gasteiger partial charge < -0.3 is 10.2 Å². The number of amides is 1. The normalized spacial score (nSPS) is 18.4. The summed E-state index contributed by atoms with van der Waals surface area (Å²) < 4.78 is 0. The first-order valence-electron chi connectivity index (χ1n) is 7.51. The topological polar surface area (TPSA) is 32.3 Å². The monoisotopic (exact) mass is 310 g/mol. The molecule has 1 aliphatic heterocycles. The number of halogens is 1. The van der Waals surface area contributed by atoms with E-state index in [4.69, 9.17) is 0 Å². The molecule has 1 fully saturated rings. The predicted molar refractivity (Wildman–Crippen MR) is 89.9 cm³/mol. The number of benzene rings is 1. The van der Waals surface area contributed by atoms with Gasteiger partial charge in [-0.3, -0.25) is 4.79 Å². The second-order valence-electron chi connectivity index (χ2n) is 6.48. The van der Waals surface area contributed by atoms with E-state index in [1.165, 1.54) is 5.56 Å². The second-order valence-corrected chi connectivity index (χ2v) is 6.48. The molecule has 0 aromatic heterocycles. The summed E-state index contributed by atoms with van der Waals surface area (Å²) in [4.78, 5) is 14.5. The molecule has 118 valence electrons. The van der Waals surface area contributed by atoms with E-state index in [9.17, 15) is 4.79 Å². The molecule has 1 aliphatic rings. The zero-order chi connectivity index (χ0) is 14.6. The number of hydrogen-bond donors (Lipinski definition) is 1. The Labute approximate surface area is 134 Å². The molecule has 0 radical (unpaired) electrons. The van der Waals surface area contributed by atoms with E-state index >= 15 is 0 Å². The van der Waals surface area contributed by atoms with Gasteiger partial charge in [0, 0.05) is 19.5 Å². The van der Waals surface area contributed by atoms with Crippen molar-refractivity contribution in [2.45, 2.75) is 32.1 Å². The first-order chi connectivity index (χ1) is 9.53. The third-order valence-corrected chi connectivity index (χ3v) is 4.28. The van der Waals surface area contributed by atoms with E-state index in [-0.39, 0.29) is 23.7 Å². The van der Waals surface area contributed by atoms with Crippen LogP contribution in [0.3, 0.4) is 0 Å². The fourth-order valence-electron chi connectivity index (χ4n) is 3.00. The molecule has 0 bridgehead atoms. The largest absolute Gasteiger partial charge is 0.342 e. The molecule has 0 saturated carbocycles. The lowest BCUT2D eigenvalue weighted by Gasteiger charge is -2.27. The summed E-state index contributed by atoms with van der Waals surface area (Å²) in [6.45, 7) is 7.13. The van der Waals surface area contributed by atoms with Crippen LogP contribution in [0.1, 0.15) is 32.3 Å². The average Bonchev–Trinajstić information content (AvgIpc) is 2.88. The van der Waals surface area contributed by atoms with Gasteiger partial charge in [0.15, 0.2) is 0 Å². The maximum absolute atomic E-state index is 12.5. The fourth-order valence-corrected chi connectivity index (χ4v) is 3.00. The third-order valence-electron chi connectivity index (χ3n) is 4.28. The van der Waals surface area contributed by atoms with E-state index in [1.54, 1.807) is 0 Å². The minimum atomic E-state index is -0.0978. The van der Waals surface area contributed by atoms with Crippen molar-refractivity contribution < 1.29 is 4.79 Å². The van der Waals surface area contributed by atoms with Crippen LogP contribution in [0.4, 0.5) is 0 Å². The van der Waals surface area contributed by atoms with Crippen molar-refractivity contribution in [3.05, 3.63) is 35.9 Å². The van der Waals surface area contributed by atoms with E-state index in [2.05, 4.69) is 31.3 Å². The van der Waals surface area contributed by atoms with Crippen LogP contribution in [-0.2, 0) is 10.2 Å². The SMILES string of the molecule is CNCC1CCN(C(=O)CC(C)(C)c2ccccc2)C1.Cl. The maximum atomic E-state index is 12.5. The summed E-state index contributed by atoms with van der Waals surface area (Å²) in [5, 5.41) is 3.21. The van der Waals surface area contributed by atoms with Crippen LogP contribution in [0.2, 0.25) is 0 Å². The van der Waals surface area contributed by atoms with Crippen LogP contribution in [-0.4, -0.2) is 37.5 Å². The Morgan fingerprint density at radius 1 is 1.33 bits per heavy atom. The van der Waals surface area contributed by atoms with E-state index in [1.807, 2.05) is 30.1 Å². The zero-order valence-electron chi connectivity index (χ0n) is 13.3. The van der Waals surface area contributed by atoms with Crippen molar-refractivity contribution in [2.75, 3.05) is 26.7 Å². The average molecular weight is 311 g/mol. The van der Waals surface area contributed by atoms with E-state index < -0.39 is 0 Å². The van der Waals surface area contributed by atoms with Crippen molar-refractivity contribution in [2.24, 2.45) is 5.92 Å².